The Hall–Kier alpha value is -0.910. The van der Waals surface area contributed by atoms with Crippen molar-refractivity contribution in [2.75, 3.05) is 19.6 Å². The van der Waals surface area contributed by atoms with Crippen molar-refractivity contribution in [2.45, 2.75) is 19.5 Å². The minimum absolute atomic E-state index is 0.248. The fourth-order valence-corrected chi connectivity index (χ4v) is 1.61. The lowest BCUT2D eigenvalue weighted by Gasteiger charge is -2.39. The molecule has 0 unspecified atom stereocenters. The average Bonchev–Trinajstić information content (AvgIpc) is 2.12. The number of alkyl halides is 3. The molecule has 1 fully saturated rings. The van der Waals surface area contributed by atoms with Gasteiger partial charge in [-0.3, -0.25) is 0 Å². The van der Waals surface area contributed by atoms with Crippen LogP contribution in [0.3, 0.4) is 0 Å². The molecule has 0 aromatic carbocycles. The third kappa shape index (κ3) is 8.75. The molecule has 0 aromatic rings. The number of carboxylic acid groups (broad SMARTS) is 1. The maximum Gasteiger partial charge on any atom is 0.490 e. The number of hydrogen-bond acceptors (Lipinski definition) is 4. The van der Waals surface area contributed by atoms with Crippen LogP contribution in [-0.4, -0.2) is 45.3 Å². The summed E-state index contributed by atoms with van der Waals surface area (Å²) < 4.78 is 55.0. The van der Waals surface area contributed by atoms with Crippen molar-refractivity contribution in [1.29, 1.82) is 0 Å². The Morgan fingerprint density at radius 1 is 1.47 bits per heavy atom. The van der Waals surface area contributed by atoms with Crippen molar-refractivity contribution in [3.05, 3.63) is 0 Å². The van der Waals surface area contributed by atoms with Gasteiger partial charge in [0.05, 0.1) is 0 Å². The molecule has 1 aliphatic rings. The van der Waals surface area contributed by atoms with Crippen LogP contribution in [0.1, 0.15) is 13.3 Å². The van der Waals surface area contributed by atoms with Gasteiger partial charge in [0.25, 0.3) is 10.2 Å². The fraction of sp³-hybridized carbons (Fsp3) is 0.875. The smallest absolute Gasteiger partial charge is 0.475 e. The second-order valence-corrected chi connectivity index (χ2v) is 5.79. The minimum Gasteiger partial charge on any atom is -0.475 e. The molecule has 114 valence electrons. The Morgan fingerprint density at radius 2 is 1.89 bits per heavy atom. The largest absolute Gasteiger partial charge is 0.490 e. The third-order valence-corrected chi connectivity index (χ3v) is 2.98. The Bertz CT molecular complexity index is 406. The zero-order chi connectivity index (χ0) is 15.3. The molecule has 1 saturated heterocycles. The molecule has 0 amide bonds. The topological polar surface area (TPSA) is 122 Å². The Balaban J connectivity index is 0.000000399. The van der Waals surface area contributed by atoms with Crippen LogP contribution in [0.4, 0.5) is 13.2 Å². The molecule has 0 saturated carbocycles. The summed E-state index contributed by atoms with van der Waals surface area (Å²) in [6.45, 7) is 4.46. The maximum atomic E-state index is 10.6. The van der Waals surface area contributed by atoms with E-state index in [0.717, 1.165) is 19.5 Å². The number of carboxylic acids is 1. The molecular formula is C8H16F3N3O4S. The van der Waals surface area contributed by atoms with E-state index in [4.69, 9.17) is 15.0 Å². The van der Waals surface area contributed by atoms with Gasteiger partial charge >= 0.3 is 12.1 Å². The lowest BCUT2D eigenvalue weighted by molar-refractivity contribution is -0.192. The summed E-state index contributed by atoms with van der Waals surface area (Å²) in [4.78, 5) is 8.90. The predicted molar refractivity (Wildman–Crippen MR) is 60.4 cm³/mol. The Labute approximate surface area is 108 Å². The number of carbonyl (C=O) groups is 1. The summed E-state index contributed by atoms with van der Waals surface area (Å²) in [6.07, 6.45) is -4.25. The highest BCUT2D eigenvalue weighted by Gasteiger charge is 2.38. The van der Waals surface area contributed by atoms with Crippen LogP contribution >= 0.6 is 0 Å². The van der Waals surface area contributed by atoms with E-state index in [1.807, 2.05) is 0 Å². The quantitative estimate of drug-likeness (QED) is 0.553. The second-order valence-electron chi connectivity index (χ2n) is 4.41. The van der Waals surface area contributed by atoms with Gasteiger partial charge in [-0.05, 0) is 11.8 Å². The van der Waals surface area contributed by atoms with Crippen LogP contribution in [-0.2, 0) is 15.0 Å². The van der Waals surface area contributed by atoms with Crippen molar-refractivity contribution in [3.63, 3.8) is 0 Å². The summed E-state index contributed by atoms with van der Waals surface area (Å²) in [6, 6.07) is 0. The van der Waals surface area contributed by atoms with Crippen molar-refractivity contribution in [2.24, 2.45) is 10.6 Å². The molecule has 7 nitrogen and oxygen atoms in total. The van der Waals surface area contributed by atoms with Crippen molar-refractivity contribution >= 4 is 16.2 Å². The zero-order valence-corrected chi connectivity index (χ0v) is 10.9. The standard InChI is InChI=1S/C6H15N3O2S.C2HF3O2/c1-6(4-8-5-6)2-3-9-12(7,10)11;3-2(4,5)1(6)7/h8-9H,2-5H2,1H3,(H2,7,10,11);(H,6,7). The number of aliphatic carboxylic acids is 1. The van der Waals surface area contributed by atoms with Gasteiger partial charge in [0, 0.05) is 19.6 Å². The van der Waals surface area contributed by atoms with Crippen molar-refractivity contribution in [3.8, 4) is 0 Å². The maximum absolute atomic E-state index is 10.6. The first-order valence-electron chi connectivity index (χ1n) is 5.14. The molecule has 5 N–H and O–H groups in total. The molecule has 0 bridgehead atoms. The molecule has 0 spiro atoms. The van der Waals surface area contributed by atoms with Crippen LogP contribution < -0.4 is 15.2 Å². The summed E-state index contributed by atoms with van der Waals surface area (Å²) in [5.41, 5.74) is 0.248. The van der Waals surface area contributed by atoms with Gasteiger partial charge in [0.2, 0.25) is 0 Å². The summed E-state index contributed by atoms with van der Waals surface area (Å²) >= 11 is 0. The van der Waals surface area contributed by atoms with E-state index < -0.39 is 22.4 Å². The van der Waals surface area contributed by atoms with Gasteiger partial charge in [-0.15, -0.1) is 0 Å². The second kappa shape index (κ2) is 6.50. The normalized spacial score (nSPS) is 17.9. The molecule has 1 aliphatic heterocycles. The van der Waals surface area contributed by atoms with Crippen LogP contribution in [0.15, 0.2) is 0 Å². The van der Waals surface area contributed by atoms with E-state index in [1.165, 1.54) is 0 Å². The molecule has 19 heavy (non-hydrogen) atoms. The van der Waals surface area contributed by atoms with Crippen LogP contribution in [0.25, 0.3) is 0 Å². The van der Waals surface area contributed by atoms with E-state index in [9.17, 15) is 21.6 Å². The monoisotopic (exact) mass is 307 g/mol. The number of rotatable bonds is 4. The van der Waals surface area contributed by atoms with Gasteiger partial charge in [-0.2, -0.15) is 21.6 Å². The van der Waals surface area contributed by atoms with Crippen LogP contribution in [0.5, 0.6) is 0 Å². The highest BCUT2D eigenvalue weighted by molar-refractivity contribution is 7.87. The molecular weight excluding hydrogens is 291 g/mol. The zero-order valence-electron chi connectivity index (χ0n) is 10.1. The molecule has 1 rings (SSSR count). The first-order valence-corrected chi connectivity index (χ1v) is 6.69. The highest BCUT2D eigenvalue weighted by atomic mass is 32.2. The number of halogens is 3. The SMILES string of the molecule is CC1(CCNS(N)(=O)=O)CNC1.O=C(O)C(F)(F)F. The van der Waals surface area contributed by atoms with E-state index in [0.29, 0.717) is 6.54 Å². The number of hydrogen-bond donors (Lipinski definition) is 4. The van der Waals surface area contributed by atoms with Crippen LogP contribution in [0, 0.1) is 5.41 Å². The van der Waals surface area contributed by atoms with E-state index in [1.54, 1.807) is 0 Å². The average molecular weight is 307 g/mol. The number of nitrogens with two attached hydrogens (primary N) is 1. The van der Waals surface area contributed by atoms with Crippen molar-refractivity contribution < 1.29 is 31.5 Å². The third-order valence-electron chi connectivity index (χ3n) is 2.38. The van der Waals surface area contributed by atoms with Gasteiger partial charge in [0.15, 0.2) is 0 Å². The van der Waals surface area contributed by atoms with E-state index in [-0.39, 0.29) is 5.41 Å². The fourth-order valence-electron chi connectivity index (χ4n) is 1.22. The van der Waals surface area contributed by atoms with Crippen molar-refractivity contribution in [1.82, 2.24) is 10.0 Å². The van der Waals surface area contributed by atoms with Gasteiger partial charge in [-0.25, -0.2) is 14.7 Å². The Morgan fingerprint density at radius 3 is 2.11 bits per heavy atom. The molecule has 0 atom stereocenters. The van der Waals surface area contributed by atoms with E-state index in [2.05, 4.69) is 17.0 Å². The minimum atomic E-state index is -5.08. The first kappa shape index (κ1) is 18.1. The highest BCUT2D eigenvalue weighted by Crippen LogP contribution is 2.24. The van der Waals surface area contributed by atoms with Gasteiger partial charge in [0.1, 0.15) is 0 Å². The molecule has 0 aliphatic carbocycles. The first-order chi connectivity index (χ1) is 8.36. The molecule has 0 aromatic heterocycles. The Kier molecular flexibility index (Phi) is 6.19. The molecule has 11 heteroatoms. The molecule has 0 radical (unpaired) electrons. The lowest BCUT2D eigenvalue weighted by atomic mass is 9.81. The summed E-state index contributed by atoms with van der Waals surface area (Å²) in [7, 11) is -3.50. The summed E-state index contributed by atoms with van der Waals surface area (Å²) in [5, 5.41) is 15.0. The predicted octanol–water partition coefficient (Wildman–Crippen LogP) is -0.588. The van der Waals surface area contributed by atoms with Gasteiger partial charge < -0.3 is 10.4 Å². The summed E-state index contributed by atoms with van der Waals surface area (Å²) in [5.74, 6) is -2.76. The van der Waals surface area contributed by atoms with Gasteiger partial charge in [-0.1, -0.05) is 6.92 Å². The van der Waals surface area contributed by atoms with Crippen LogP contribution in [0.2, 0.25) is 0 Å². The lowest BCUT2D eigenvalue weighted by Crippen LogP contribution is -2.52. The molecule has 1 heterocycles. The number of nitrogens with one attached hydrogen (secondary N) is 2. The van der Waals surface area contributed by atoms with E-state index >= 15 is 0 Å².